The zero-order valence-corrected chi connectivity index (χ0v) is 17.6. The number of carbonyl (C=O) groups excluding carboxylic acids is 3. The summed E-state index contributed by atoms with van der Waals surface area (Å²) < 4.78 is 23.4. The molecular formula is C22H31FO5. The van der Waals surface area contributed by atoms with Gasteiger partial charge < -0.3 is 9.47 Å². The van der Waals surface area contributed by atoms with E-state index in [1.807, 2.05) is 20.8 Å². The second kappa shape index (κ2) is 9.80. The van der Waals surface area contributed by atoms with Crippen molar-refractivity contribution in [1.82, 2.24) is 0 Å². The quantitative estimate of drug-likeness (QED) is 0.463. The lowest BCUT2D eigenvalue weighted by Gasteiger charge is -2.33. The average Bonchev–Trinajstić information content (AvgIpc) is 2.60. The number of benzene rings is 1. The number of esters is 2. The molecule has 0 saturated heterocycles. The first-order valence-electron chi connectivity index (χ1n) is 9.60. The van der Waals surface area contributed by atoms with Crippen molar-refractivity contribution in [3.05, 3.63) is 35.6 Å². The SMILES string of the molecule is CCOC(=O)C(C(=O)OCC)C(=O)[C@@](C)(CCC(C)(C)C)c1ccc(F)cc1. The Kier molecular flexibility index (Phi) is 8.33. The zero-order chi connectivity index (χ0) is 21.5. The van der Waals surface area contributed by atoms with Crippen molar-refractivity contribution < 1.29 is 28.2 Å². The van der Waals surface area contributed by atoms with Gasteiger partial charge in [-0.05, 0) is 56.7 Å². The summed E-state index contributed by atoms with van der Waals surface area (Å²) in [6, 6.07) is 5.57. The molecule has 0 radical (unpaired) electrons. The number of rotatable bonds is 9. The third-order valence-electron chi connectivity index (χ3n) is 4.71. The van der Waals surface area contributed by atoms with Crippen LogP contribution in [0.2, 0.25) is 0 Å². The summed E-state index contributed by atoms with van der Waals surface area (Å²) in [7, 11) is 0. The Morgan fingerprint density at radius 3 is 1.75 bits per heavy atom. The van der Waals surface area contributed by atoms with Crippen LogP contribution in [-0.4, -0.2) is 30.9 Å². The lowest BCUT2D eigenvalue weighted by Crippen LogP contribution is -2.46. The van der Waals surface area contributed by atoms with Crippen molar-refractivity contribution in [1.29, 1.82) is 0 Å². The standard InChI is InChI=1S/C22H31FO5/c1-7-27-19(25)17(20(26)28-8-2)18(24)22(6,14-13-21(3,4)5)15-9-11-16(23)12-10-15/h9-12,17H,7-8,13-14H2,1-6H3/t22-/m0/s1. The summed E-state index contributed by atoms with van der Waals surface area (Å²) in [4.78, 5) is 38.4. The third kappa shape index (κ3) is 6.14. The highest BCUT2D eigenvalue weighted by molar-refractivity contribution is 6.18. The van der Waals surface area contributed by atoms with E-state index in [0.29, 0.717) is 18.4 Å². The fourth-order valence-electron chi connectivity index (χ4n) is 2.93. The van der Waals surface area contributed by atoms with Gasteiger partial charge in [0.05, 0.1) is 18.6 Å². The van der Waals surface area contributed by atoms with Crippen LogP contribution in [0.3, 0.4) is 0 Å². The fraction of sp³-hybridized carbons (Fsp3) is 0.591. The maximum absolute atomic E-state index is 13.5. The average molecular weight is 394 g/mol. The number of hydrogen-bond acceptors (Lipinski definition) is 5. The van der Waals surface area contributed by atoms with Gasteiger partial charge in [0.25, 0.3) is 0 Å². The van der Waals surface area contributed by atoms with E-state index >= 15 is 0 Å². The molecule has 1 atom stereocenters. The van der Waals surface area contributed by atoms with Crippen LogP contribution < -0.4 is 0 Å². The molecule has 0 amide bonds. The Hall–Kier alpha value is -2.24. The number of ether oxygens (including phenoxy) is 2. The van der Waals surface area contributed by atoms with E-state index in [0.717, 1.165) is 0 Å². The smallest absolute Gasteiger partial charge is 0.328 e. The van der Waals surface area contributed by atoms with E-state index in [2.05, 4.69) is 0 Å². The van der Waals surface area contributed by atoms with Crippen LogP contribution in [0.1, 0.15) is 59.9 Å². The molecule has 0 N–H and O–H groups in total. The summed E-state index contributed by atoms with van der Waals surface area (Å²) >= 11 is 0. The van der Waals surface area contributed by atoms with Crippen LogP contribution in [-0.2, 0) is 29.3 Å². The van der Waals surface area contributed by atoms with Gasteiger partial charge in [0, 0.05) is 0 Å². The lowest BCUT2D eigenvalue weighted by atomic mass is 9.69. The van der Waals surface area contributed by atoms with Gasteiger partial charge >= 0.3 is 11.9 Å². The van der Waals surface area contributed by atoms with Gasteiger partial charge in [-0.2, -0.15) is 0 Å². The molecular weight excluding hydrogens is 363 g/mol. The Balaban J connectivity index is 3.42. The first-order valence-corrected chi connectivity index (χ1v) is 9.60. The summed E-state index contributed by atoms with van der Waals surface area (Å²) in [5.74, 6) is -4.54. The van der Waals surface area contributed by atoms with Crippen molar-refractivity contribution in [3.8, 4) is 0 Å². The van der Waals surface area contributed by atoms with Gasteiger partial charge in [-0.15, -0.1) is 0 Å². The molecule has 0 aromatic heterocycles. The van der Waals surface area contributed by atoms with Gasteiger partial charge in [-0.3, -0.25) is 14.4 Å². The number of halogens is 1. The topological polar surface area (TPSA) is 69.7 Å². The summed E-state index contributed by atoms with van der Waals surface area (Å²) in [5, 5.41) is 0. The Bertz CT molecular complexity index is 672. The third-order valence-corrected chi connectivity index (χ3v) is 4.71. The maximum atomic E-state index is 13.5. The highest BCUT2D eigenvalue weighted by Gasteiger charge is 2.47. The highest BCUT2D eigenvalue weighted by Crippen LogP contribution is 2.37. The minimum Gasteiger partial charge on any atom is -0.465 e. The molecule has 0 bridgehead atoms. The minimum atomic E-state index is -1.67. The van der Waals surface area contributed by atoms with Crippen LogP contribution in [0.25, 0.3) is 0 Å². The van der Waals surface area contributed by atoms with E-state index < -0.39 is 34.9 Å². The van der Waals surface area contributed by atoms with Crippen LogP contribution in [0.5, 0.6) is 0 Å². The van der Waals surface area contributed by atoms with Gasteiger partial charge in [0.15, 0.2) is 5.78 Å². The zero-order valence-electron chi connectivity index (χ0n) is 17.6. The van der Waals surface area contributed by atoms with Crippen molar-refractivity contribution >= 4 is 17.7 Å². The summed E-state index contributed by atoms with van der Waals surface area (Å²) in [5.41, 5.74) is -0.711. The number of hydrogen-bond donors (Lipinski definition) is 0. The molecule has 0 unspecified atom stereocenters. The van der Waals surface area contributed by atoms with Gasteiger partial charge in [-0.25, -0.2) is 4.39 Å². The molecule has 1 aromatic carbocycles. The van der Waals surface area contributed by atoms with Crippen molar-refractivity contribution in [2.24, 2.45) is 11.3 Å². The predicted octanol–water partition coefficient (Wildman–Crippen LogP) is 4.22. The molecule has 156 valence electrons. The molecule has 6 heteroatoms. The largest absolute Gasteiger partial charge is 0.465 e. The van der Waals surface area contributed by atoms with Crippen LogP contribution in [0, 0.1) is 17.2 Å². The molecule has 0 heterocycles. The molecule has 28 heavy (non-hydrogen) atoms. The van der Waals surface area contributed by atoms with Gasteiger partial charge in [0.1, 0.15) is 5.82 Å². The molecule has 0 aliphatic rings. The van der Waals surface area contributed by atoms with Gasteiger partial charge in [0.2, 0.25) is 5.92 Å². The Morgan fingerprint density at radius 1 is 0.893 bits per heavy atom. The van der Waals surface area contributed by atoms with Crippen LogP contribution >= 0.6 is 0 Å². The molecule has 5 nitrogen and oxygen atoms in total. The van der Waals surface area contributed by atoms with Crippen LogP contribution in [0.4, 0.5) is 4.39 Å². The van der Waals surface area contributed by atoms with E-state index in [1.165, 1.54) is 24.3 Å². The van der Waals surface area contributed by atoms with Crippen molar-refractivity contribution in [2.45, 2.75) is 59.8 Å². The summed E-state index contributed by atoms with van der Waals surface area (Å²) in [6.45, 7) is 11.1. The van der Waals surface area contributed by atoms with Crippen molar-refractivity contribution in [2.75, 3.05) is 13.2 Å². The minimum absolute atomic E-state index is 0.0390. The Morgan fingerprint density at radius 2 is 1.36 bits per heavy atom. The lowest BCUT2D eigenvalue weighted by molar-refractivity contribution is -0.165. The molecule has 1 aromatic rings. The first-order chi connectivity index (χ1) is 13.0. The molecule has 0 aliphatic carbocycles. The van der Waals surface area contributed by atoms with Crippen LogP contribution in [0.15, 0.2) is 24.3 Å². The van der Waals surface area contributed by atoms with E-state index in [1.54, 1.807) is 20.8 Å². The first kappa shape index (κ1) is 23.8. The second-order valence-electron chi connectivity index (χ2n) is 8.20. The second-order valence-corrected chi connectivity index (χ2v) is 8.20. The Labute approximate surface area is 166 Å². The van der Waals surface area contributed by atoms with Gasteiger partial charge in [-0.1, -0.05) is 32.9 Å². The van der Waals surface area contributed by atoms with E-state index in [-0.39, 0.29) is 18.6 Å². The number of carbonyl (C=O) groups is 3. The molecule has 0 aliphatic heterocycles. The normalized spacial score (nSPS) is 13.7. The van der Waals surface area contributed by atoms with E-state index in [4.69, 9.17) is 9.47 Å². The maximum Gasteiger partial charge on any atom is 0.328 e. The van der Waals surface area contributed by atoms with Crippen molar-refractivity contribution in [3.63, 3.8) is 0 Å². The molecule has 0 fully saturated rings. The fourth-order valence-corrected chi connectivity index (χ4v) is 2.93. The van der Waals surface area contributed by atoms with E-state index in [9.17, 15) is 18.8 Å². The predicted molar refractivity (Wildman–Crippen MR) is 104 cm³/mol. The monoisotopic (exact) mass is 394 g/mol. The number of Topliss-reactive ketones (excluding diaryl/α,β-unsaturated/α-hetero) is 1. The molecule has 0 spiro atoms. The number of ketones is 1. The summed E-state index contributed by atoms with van der Waals surface area (Å²) in [6.07, 6.45) is 1.04. The molecule has 1 rings (SSSR count). The molecule has 0 saturated carbocycles. The highest BCUT2D eigenvalue weighted by atomic mass is 19.1.